The monoisotopic (exact) mass is 293 g/mol. The Labute approximate surface area is 124 Å². The molecule has 0 atom stereocenters. The van der Waals surface area contributed by atoms with Crippen molar-refractivity contribution in [2.45, 2.75) is 31.7 Å². The topological polar surface area (TPSA) is 92.4 Å². The first-order valence-corrected chi connectivity index (χ1v) is 7.56. The van der Waals surface area contributed by atoms with Crippen LogP contribution in [0.2, 0.25) is 0 Å². The van der Waals surface area contributed by atoms with Gasteiger partial charge in [0.25, 0.3) is 0 Å². The molecular weight excluding hydrogens is 270 g/mol. The first-order chi connectivity index (χ1) is 10.3. The fourth-order valence-corrected chi connectivity index (χ4v) is 3.20. The second kappa shape index (κ2) is 6.40. The van der Waals surface area contributed by atoms with Crippen molar-refractivity contribution in [3.05, 3.63) is 0 Å². The predicted octanol–water partition coefficient (Wildman–Crippen LogP) is 0.230. The molecule has 3 N–H and O–H groups in total. The third-order valence-electron chi connectivity index (χ3n) is 4.35. The van der Waals surface area contributed by atoms with Gasteiger partial charge in [-0.1, -0.05) is 12.8 Å². The maximum Gasteiger partial charge on any atom is 0.322 e. The molecule has 2 aliphatic rings. The Balaban J connectivity index is 1.65. The molecule has 1 aromatic heterocycles. The molecule has 0 bridgehead atoms. The number of nitrogens with one attached hydrogen (secondary N) is 1. The molecule has 1 aliphatic heterocycles. The molecule has 8 nitrogen and oxygen atoms in total. The summed E-state index contributed by atoms with van der Waals surface area (Å²) in [5, 5.41) is 0. The van der Waals surface area contributed by atoms with Gasteiger partial charge in [0.15, 0.2) is 0 Å². The van der Waals surface area contributed by atoms with Gasteiger partial charge in [0.05, 0.1) is 7.11 Å². The molecule has 3 rings (SSSR count). The minimum atomic E-state index is 0.283. The number of nitrogens with two attached hydrogens (primary N) is 1. The van der Waals surface area contributed by atoms with E-state index in [0.29, 0.717) is 11.9 Å². The van der Waals surface area contributed by atoms with Gasteiger partial charge in [-0.15, -0.1) is 0 Å². The summed E-state index contributed by atoms with van der Waals surface area (Å²) in [5.41, 5.74) is 2.46. The zero-order chi connectivity index (χ0) is 14.7. The van der Waals surface area contributed by atoms with E-state index in [0.717, 1.165) is 32.2 Å². The molecule has 116 valence electrons. The lowest BCUT2D eigenvalue weighted by molar-refractivity contribution is 0.186. The van der Waals surface area contributed by atoms with Crippen molar-refractivity contribution in [3.63, 3.8) is 0 Å². The number of hydrazine groups is 1. The summed E-state index contributed by atoms with van der Waals surface area (Å²) in [5.74, 6) is 6.35. The zero-order valence-corrected chi connectivity index (χ0v) is 12.5. The highest BCUT2D eigenvalue weighted by Gasteiger charge is 2.27. The van der Waals surface area contributed by atoms with Crippen molar-refractivity contribution in [1.82, 2.24) is 19.9 Å². The molecule has 1 saturated heterocycles. The van der Waals surface area contributed by atoms with Crippen molar-refractivity contribution in [3.8, 4) is 6.01 Å². The van der Waals surface area contributed by atoms with Crippen LogP contribution in [0.4, 0.5) is 11.9 Å². The van der Waals surface area contributed by atoms with E-state index < -0.39 is 0 Å². The van der Waals surface area contributed by atoms with Gasteiger partial charge in [0.1, 0.15) is 0 Å². The van der Waals surface area contributed by atoms with Crippen molar-refractivity contribution < 1.29 is 4.74 Å². The summed E-state index contributed by atoms with van der Waals surface area (Å²) < 4.78 is 5.10. The lowest BCUT2D eigenvalue weighted by Crippen LogP contribution is -2.50. The quantitative estimate of drug-likeness (QED) is 0.602. The summed E-state index contributed by atoms with van der Waals surface area (Å²) in [6, 6.07) is 1.06. The van der Waals surface area contributed by atoms with Crippen molar-refractivity contribution in [1.29, 1.82) is 0 Å². The number of anilines is 2. The molecule has 21 heavy (non-hydrogen) atoms. The molecule has 2 heterocycles. The van der Waals surface area contributed by atoms with Gasteiger partial charge in [0.2, 0.25) is 11.9 Å². The van der Waals surface area contributed by atoms with Crippen molar-refractivity contribution in [2.24, 2.45) is 5.84 Å². The maximum absolute atomic E-state index is 5.39. The number of rotatable bonds is 4. The van der Waals surface area contributed by atoms with E-state index >= 15 is 0 Å². The van der Waals surface area contributed by atoms with Crippen LogP contribution in [0.1, 0.15) is 25.7 Å². The largest absolute Gasteiger partial charge is 0.467 e. The van der Waals surface area contributed by atoms with Gasteiger partial charge in [-0.05, 0) is 12.8 Å². The Hall–Kier alpha value is -1.67. The third-order valence-corrected chi connectivity index (χ3v) is 4.35. The number of aromatic nitrogens is 3. The van der Waals surface area contributed by atoms with E-state index in [1.54, 1.807) is 0 Å². The standard InChI is InChI=1S/C13H23N7O/c1-21-13-16-11(18-14)15-12(17-13)20-8-6-19(7-9-20)10-4-2-3-5-10/h10H,2-9,14H2,1H3,(H,15,16,17,18). The molecule has 0 spiro atoms. The average molecular weight is 293 g/mol. The predicted molar refractivity (Wildman–Crippen MR) is 80.2 cm³/mol. The Morgan fingerprint density at radius 1 is 1.10 bits per heavy atom. The highest BCUT2D eigenvalue weighted by atomic mass is 16.5. The number of nitrogen functional groups attached to an aromatic ring is 1. The van der Waals surface area contributed by atoms with Gasteiger partial charge >= 0.3 is 6.01 Å². The summed E-state index contributed by atoms with van der Waals surface area (Å²) in [4.78, 5) is 17.4. The summed E-state index contributed by atoms with van der Waals surface area (Å²) in [6.45, 7) is 3.97. The van der Waals surface area contributed by atoms with Crippen LogP contribution >= 0.6 is 0 Å². The number of hydrogen-bond acceptors (Lipinski definition) is 8. The first kappa shape index (κ1) is 14.3. The minimum Gasteiger partial charge on any atom is -0.467 e. The fourth-order valence-electron chi connectivity index (χ4n) is 3.20. The molecular formula is C13H23N7O. The van der Waals surface area contributed by atoms with Gasteiger partial charge in [-0.2, -0.15) is 15.0 Å². The molecule has 1 saturated carbocycles. The number of hydrogen-bond donors (Lipinski definition) is 2. The van der Waals surface area contributed by atoms with Crippen LogP contribution in [-0.4, -0.2) is 59.2 Å². The van der Waals surface area contributed by atoms with Crippen LogP contribution in [0.25, 0.3) is 0 Å². The molecule has 1 aromatic rings. The normalized spacial score (nSPS) is 20.8. The number of nitrogens with zero attached hydrogens (tertiary/aromatic N) is 5. The van der Waals surface area contributed by atoms with E-state index in [1.807, 2.05) is 0 Å². The molecule has 1 aliphatic carbocycles. The smallest absolute Gasteiger partial charge is 0.322 e. The molecule has 0 aromatic carbocycles. The van der Waals surface area contributed by atoms with E-state index in [2.05, 4.69) is 30.2 Å². The van der Waals surface area contributed by atoms with Crippen molar-refractivity contribution in [2.75, 3.05) is 43.6 Å². The maximum atomic E-state index is 5.39. The summed E-state index contributed by atoms with van der Waals surface area (Å²) in [6.07, 6.45) is 5.45. The number of piperazine rings is 1. The molecule has 2 fully saturated rings. The average Bonchev–Trinajstić information content (AvgIpc) is 3.09. The zero-order valence-electron chi connectivity index (χ0n) is 12.5. The van der Waals surface area contributed by atoms with Gasteiger partial charge < -0.3 is 9.64 Å². The molecule has 8 heteroatoms. The Bertz CT molecular complexity index is 447. The van der Waals surface area contributed by atoms with Crippen LogP contribution in [0, 0.1) is 0 Å². The fraction of sp³-hybridized carbons (Fsp3) is 0.769. The van der Waals surface area contributed by atoms with Crippen LogP contribution in [-0.2, 0) is 0 Å². The first-order valence-electron chi connectivity index (χ1n) is 7.56. The van der Waals surface area contributed by atoms with Crippen LogP contribution in [0.15, 0.2) is 0 Å². The number of methoxy groups -OCH3 is 1. The van der Waals surface area contributed by atoms with Crippen LogP contribution in [0.3, 0.4) is 0 Å². The second-order valence-electron chi connectivity index (χ2n) is 5.55. The number of ether oxygens (including phenoxy) is 1. The van der Waals surface area contributed by atoms with E-state index in [-0.39, 0.29) is 6.01 Å². The molecule has 0 unspecified atom stereocenters. The molecule has 0 radical (unpaired) electrons. The van der Waals surface area contributed by atoms with Crippen LogP contribution < -0.4 is 20.9 Å². The highest BCUT2D eigenvalue weighted by molar-refractivity contribution is 5.38. The Morgan fingerprint density at radius 2 is 1.81 bits per heavy atom. The Kier molecular flexibility index (Phi) is 4.35. The lowest BCUT2D eigenvalue weighted by atomic mass is 10.2. The van der Waals surface area contributed by atoms with Crippen molar-refractivity contribution >= 4 is 11.9 Å². The minimum absolute atomic E-state index is 0.283. The van der Waals surface area contributed by atoms with Crippen LogP contribution in [0.5, 0.6) is 6.01 Å². The summed E-state index contributed by atoms with van der Waals surface area (Å²) in [7, 11) is 1.54. The van der Waals surface area contributed by atoms with Gasteiger partial charge in [0, 0.05) is 32.2 Å². The third kappa shape index (κ3) is 3.16. The highest BCUT2D eigenvalue weighted by Crippen LogP contribution is 2.25. The summed E-state index contributed by atoms with van der Waals surface area (Å²) >= 11 is 0. The lowest BCUT2D eigenvalue weighted by Gasteiger charge is -2.38. The van der Waals surface area contributed by atoms with E-state index in [1.165, 1.54) is 32.8 Å². The van der Waals surface area contributed by atoms with Gasteiger partial charge in [-0.25, -0.2) is 5.84 Å². The Morgan fingerprint density at radius 3 is 2.43 bits per heavy atom. The van der Waals surface area contributed by atoms with Gasteiger partial charge in [-0.3, -0.25) is 10.3 Å². The van der Waals surface area contributed by atoms with E-state index in [9.17, 15) is 0 Å². The second-order valence-corrected chi connectivity index (χ2v) is 5.55. The molecule has 0 amide bonds. The van der Waals surface area contributed by atoms with E-state index in [4.69, 9.17) is 10.6 Å². The SMILES string of the molecule is COc1nc(NN)nc(N2CCN(C3CCCC3)CC2)n1.